The Kier molecular flexibility index (Phi) is 5.46. The minimum absolute atomic E-state index is 0.188. The molecule has 0 bridgehead atoms. The normalized spacial score (nSPS) is 18.1. The molecular formula is C18H28N2O2. The van der Waals surface area contributed by atoms with E-state index >= 15 is 0 Å². The molecule has 4 nitrogen and oxygen atoms in total. The van der Waals surface area contributed by atoms with E-state index in [1.807, 2.05) is 38.8 Å². The summed E-state index contributed by atoms with van der Waals surface area (Å²) in [6.07, 6.45) is 1.81. The van der Waals surface area contributed by atoms with Crippen LogP contribution in [0.3, 0.4) is 0 Å². The van der Waals surface area contributed by atoms with Crippen LogP contribution in [0, 0.1) is 5.92 Å². The number of amides is 1. The number of ether oxygens (including phenoxy) is 1. The summed E-state index contributed by atoms with van der Waals surface area (Å²) >= 11 is 0. The summed E-state index contributed by atoms with van der Waals surface area (Å²) in [5.41, 5.74) is 0.895. The Balaban J connectivity index is 1.92. The first-order chi connectivity index (χ1) is 10.4. The van der Waals surface area contributed by atoms with Crippen LogP contribution in [0.5, 0.6) is 0 Å². The van der Waals surface area contributed by atoms with Crippen molar-refractivity contribution in [2.24, 2.45) is 5.92 Å². The SMILES string of the molecule is CN[C@H](c1ccccc1)C1CCN(C(=O)OC(C)(C)C)CC1. The molecule has 1 aliphatic rings. The van der Waals surface area contributed by atoms with Crippen molar-refractivity contribution in [1.29, 1.82) is 0 Å². The largest absolute Gasteiger partial charge is 0.444 e. The smallest absolute Gasteiger partial charge is 0.410 e. The highest BCUT2D eigenvalue weighted by Gasteiger charge is 2.30. The highest BCUT2D eigenvalue weighted by Crippen LogP contribution is 2.30. The van der Waals surface area contributed by atoms with Crippen LogP contribution >= 0.6 is 0 Å². The zero-order valence-electron chi connectivity index (χ0n) is 14.1. The van der Waals surface area contributed by atoms with Crippen molar-refractivity contribution >= 4 is 6.09 Å². The molecule has 4 heteroatoms. The second kappa shape index (κ2) is 7.14. The number of nitrogens with one attached hydrogen (secondary N) is 1. The molecule has 0 saturated carbocycles. The minimum Gasteiger partial charge on any atom is -0.444 e. The van der Waals surface area contributed by atoms with Crippen molar-refractivity contribution in [3.63, 3.8) is 0 Å². The van der Waals surface area contributed by atoms with Gasteiger partial charge in [0, 0.05) is 19.1 Å². The van der Waals surface area contributed by atoms with Gasteiger partial charge in [-0.05, 0) is 52.1 Å². The van der Waals surface area contributed by atoms with Gasteiger partial charge in [0.25, 0.3) is 0 Å². The fraction of sp³-hybridized carbons (Fsp3) is 0.611. The summed E-state index contributed by atoms with van der Waals surface area (Å²) in [5.74, 6) is 0.547. The molecule has 1 N–H and O–H groups in total. The second-order valence-electron chi connectivity index (χ2n) is 6.98. The summed E-state index contributed by atoms with van der Waals surface area (Å²) in [4.78, 5) is 14.0. The van der Waals surface area contributed by atoms with Crippen LogP contribution in [0.2, 0.25) is 0 Å². The molecule has 1 heterocycles. The van der Waals surface area contributed by atoms with Crippen molar-refractivity contribution in [2.75, 3.05) is 20.1 Å². The molecule has 1 saturated heterocycles. The number of rotatable bonds is 3. The number of hydrogen-bond acceptors (Lipinski definition) is 3. The first kappa shape index (κ1) is 16.8. The lowest BCUT2D eigenvalue weighted by Crippen LogP contribution is -2.43. The summed E-state index contributed by atoms with van der Waals surface area (Å²) in [7, 11) is 2.01. The molecule has 0 spiro atoms. The summed E-state index contributed by atoms with van der Waals surface area (Å²) in [6, 6.07) is 10.9. The van der Waals surface area contributed by atoms with E-state index in [-0.39, 0.29) is 6.09 Å². The second-order valence-corrected chi connectivity index (χ2v) is 6.98. The Hall–Kier alpha value is -1.55. The lowest BCUT2D eigenvalue weighted by Gasteiger charge is -2.36. The minimum atomic E-state index is -0.425. The lowest BCUT2D eigenvalue weighted by atomic mass is 9.85. The van der Waals surface area contributed by atoms with Crippen LogP contribution in [0.15, 0.2) is 30.3 Å². The molecule has 0 unspecified atom stereocenters. The van der Waals surface area contributed by atoms with Crippen molar-refractivity contribution in [1.82, 2.24) is 10.2 Å². The van der Waals surface area contributed by atoms with E-state index in [4.69, 9.17) is 4.74 Å². The van der Waals surface area contributed by atoms with Gasteiger partial charge in [0.1, 0.15) is 5.60 Å². The monoisotopic (exact) mass is 304 g/mol. The molecule has 0 radical (unpaired) electrons. The van der Waals surface area contributed by atoms with Crippen LogP contribution in [0.1, 0.15) is 45.2 Å². The third-order valence-corrected chi connectivity index (χ3v) is 4.13. The summed E-state index contributed by atoms with van der Waals surface area (Å²) < 4.78 is 5.46. The average Bonchev–Trinajstić information content (AvgIpc) is 2.48. The molecule has 1 fully saturated rings. The van der Waals surface area contributed by atoms with E-state index in [1.165, 1.54) is 5.56 Å². The third-order valence-electron chi connectivity index (χ3n) is 4.13. The number of carbonyl (C=O) groups excluding carboxylic acids is 1. The maximum atomic E-state index is 12.1. The van der Waals surface area contributed by atoms with Gasteiger partial charge in [0.05, 0.1) is 0 Å². The molecule has 0 aromatic heterocycles. The van der Waals surface area contributed by atoms with E-state index < -0.39 is 5.60 Å². The van der Waals surface area contributed by atoms with Crippen molar-refractivity contribution in [3.8, 4) is 0 Å². The van der Waals surface area contributed by atoms with Gasteiger partial charge in [-0.2, -0.15) is 0 Å². The summed E-state index contributed by atoms with van der Waals surface area (Å²) in [5, 5.41) is 3.44. The van der Waals surface area contributed by atoms with Crippen LogP contribution in [-0.2, 0) is 4.74 Å². The Bertz CT molecular complexity index is 474. The summed E-state index contributed by atoms with van der Waals surface area (Å²) in [6.45, 7) is 7.26. The molecule has 1 aliphatic heterocycles. The number of piperidine rings is 1. The van der Waals surface area contributed by atoms with Gasteiger partial charge in [-0.25, -0.2) is 4.79 Å². The molecule has 0 aliphatic carbocycles. The van der Waals surface area contributed by atoms with E-state index in [9.17, 15) is 4.79 Å². The average molecular weight is 304 g/mol. The maximum Gasteiger partial charge on any atom is 0.410 e. The van der Waals surface area contributed by atoms with E-state index in [0.717, 1.165) is 25.9 Å². The van der Waals surface area contributed by atoms with Gasteiger partial charge in [-0.1, -0.05) is 30.3 Å². The fourth-order valence-corrected chi connectivity index (χ4v) is 3.08. The molecule has 1 amide bonds. The molecule has 122 valence electrons. The standard InChI is InChI=1S/C18H28N2O2/c1-18(2,3)22-17(21)20-12-10-15(11-13-20)16(19-4)14-8-6-5-7-9-14/h5-9,15-16,19H,10-13H2,1-4H3/t16-/m1/s1. The lowest BCUT2D eigenvalue weighted by molar-refractivity contribution is 0.0170. The van der Waals surface area contributed by atoms with Crippen LogP contribution in [-0.4, -0.2) is 36.7 Å². The van der Waals surface area contributed by atoms with Crippen molar-refractivity contribution in [3.05, 3.63) is 35.9 Å². The molecule has 1 aromatic rings. The van der Waals surface area contributed by atoms with Gasteiger partial charge >= 0.3 is 6.09 Å². The Morgan fingerprint density at radius 1 is 1.23 bits per heavy atom. The highest BCUT2D eigenvalue weighted by atomic mass is 16.6. The molecule has 1 atom stereocenters. The van der Waals surface area contributed by atoms with Crippen LogP contribution < -0.4 is 5.32 Å². The number of carbonyl (C=O) groups is 1. The van der Waals surface area contributed by atoms with E-state index in [1.54, 1.807) is 0 Å². The van der Waals surface area contributed by atoms with Gasteiger partial charge < -0.3 is 15.0 Å². The highest BCUT2D eigenvalue weighted by molar-refractivity contribution is 5.68. The number of hydrogen-bond donors (Lipinski definition) is 1. The number of benzene rings is 1. The van der Waals surface area contributed by atoms with Crippen LogP contribution in [0.25, 0.3) is 0 Å². The number of likely N-dealkylation sites (tertiary alicyclic amines) is 1. The van der Waals surface area contributed by atoms with Gasteiger partial charge in [-0.3, -0.25) is 0 Å². The Morgan fingerprint density at radius 3 is 2.32 bits per heavy atom. The zero-order chi connectivity index (χ0) is 16.2. The van der Waals surface area contributed by atoms with Gasteiger partial charge in [0.2, 0.25) is 0 Å². The Morgan fingerprint density at radius 2 is 1.82 bits per heavy atom. The predicted molar refractivity (Wildman–Crippen MR) is 88.8 cm³/mol. The molecule has 2 rings (SSSR count). The Labute approximate surface area is 133 Å². The zero-order valence-corrected chi connectivity index (χ0v) is 14.1. The van der Waals surface area contributed by atoms with E-state index in [0.29, 0.717) is 12.0 Å². The topological polar surface area (TPSA) is 41.6 Å². The maximum absolute atomic E-state index is 12.1. The van der Waals surface area contributed by atoms with Gasteiger partial charge in [0.15, 0.2) is 0 Å². The molecular weight excluding hydrogens is 276 g/mol. The third kappa shape index (κ3) is 4.47. The van der Waals surface area contributed by atoms with Crippen molar-refractivity contribution < 1.29 is 9.53 Å². The fourth-order valence-electron chi connectivity index (χ4n) is 3.08. The first-order valence-electron chi connectivity index (χ1n) is 8.11. The molecule has 22 heavy (non-hydrogen) atoms. The van der Waals surface area contributed by atoms with Gasteiger partial charge in [-0.15, -0.1) is 0 Å². The first-order valence-corrected chi connectivity index (χ1v) is 8.11. The van der Waals surface area contributed by atoms with E-state index in [2.05, 4.69) is 29.6 Å². The molecule has 1 aromatic carbocycles. The quantitative estimate of drug-likeness (QED) is 0.928. The number of nitrogens with zero attached hydrogens (tertiary/aromatic N) is 1. The predicted octanol–water partition coefficient (Wildman–Crippen LogP) is 3.59. The van der Waals surface area contributed by atoms with Crippen LogP contribution in [0.4, 0.5) is 4.79 Å². The van der Waals surface area contributed by atoms with Crippen molar-refractivity contribution in [2.45, 2.75) is 45.3 Å².